The van der Waals surface area contributed by atoms with Crippen molar-refractivity contribution in [2.24, 2.45) is 22.2 Å². The number of hydrogen-bond donors (Lipinski definition) is 1. The molecule has 4 unspecified atom stereocenters. The van der Waals surface area contributed by atoms with Gasteiger partial charge in [0.2, 0.25) is 0 Å². The molecule has 0 aromatic rings. The number of rotatable bonds is 5. The van der Waals surface area contributed by atoms with Gasteiger partial charge in [-0.3, -0.25) is 0 Å². The van der Waals surface area contributed by atoms with Gasteiger partial charge in [-0.15, -0.1) is 0 Å². The van der Waals surface area contributed by atoms with Crippen LogP contribution >= 0.6 is 0 Å². The molecule has 0 amide bonds. The lowest BCUT2D eigenvalue weighted by atomic mass is 9.50. The second kappa shape index (κ2) is 5.77. The fraction of sp³-hybridized carbons (Fsp3) is 1.00. The zero-order valence-electron chi connectivity index (χ0n) is 15.2. The Balaban J connectivity index is 1.78. The minimum Gasteiger partial charge on any atom is -0.391 e. The maximum absolute atomic E-state index is 10.1. The molecule has 2 bridgehead atoms. The highest BCUT2D eigenvalue weighted by Crippen LogP contribution is 2.69. The van der Waals surface area contributed by atoms with Crippen LogP contribution in [-0.4, -0.2) is 23.9 Å². The van der Waals surface area contributed by atoms with E-state index in [2.05, 4.69) is 27.7 Å². The van der Waals surface area contributed by atoms with Crippen LogP contribution in [0.25, 0.3) is 0 Å². The van der Waals surface area contributed by atoms with Crippen molar-refractivity contribution in [3.8, 4) is 0 Å². The molecule has 3 aliphatic carbocycles. The Labute approximate surface area is 137 Å². The van der Waals surface area contributed by atoms with Gasteiger partial charge >= 0.3 is 0 Å². The van der Waals surface area contributed by atoms with Gasteiger partial charge in [0.1, 0.15) is 0 Å². The Morgan fingerprint density at radius 2 is 1.95 bits per heavy atom. The maximum Gasteiger partial charge on any atom is 0.0773 e. The number of ether oxygens (including phenoxy) is 1. The topological polar surface area (TPSA) is 29.5 Å². The molecular weight excluding hydrogens is 272 g/mol. The van der Waals surface area contributed by atoms with Gasteiger partial charge in [-0.25, -0.2) is 0 Å². The molecule has 128 valence electrons. The van der Waals surface area contributed by atoms with Crippen molar-refractivity contribution < 1.29 is 9.84 Å². The van der Waals surface area contributed by atoms with Crippen molar-refractivity contribution >= 4 is 0 Å². The van der Waals surface area contributed by atoms with Crippen molar-refractivity contribution in [2.75, 3.05) is 6.61 Å². The first-order valence-electron chi connectivity index (χ1n) is 9.61. The summed E-state index contributed by atoms with van der Waals surface area (Å²) in [5.74, 6) is 0.821. The Morgan fingerprint density at radius 3 is 2.68 bits per heavy atom. The third-order valence-corrected chi connectivity index (χ3v) is 7.32. The first kappa shape index (κ1) is 16.8. The lowest BCUT2D eigenvalue weighted by Gasteiger charge is -2.56. The van der Waals surface area contributed by atoms with E-state index < -0.39 is 0 Å². The standard InChI is InChI=1S/C20H36O2/c1-5-7-15(21)13-22-17-12-18(2,3)16-8-11-19(4)9-6-10-20(16,17)14-19/h15-17,21H,5-14H2,1-4H3/t15-,16?,17?,19?,20?/m1/s1. The van der Waals surface area contributed by atoms with Gasteiger partial charge in [0.25, 0.3) is 0 Å². The number of aliphatic hydroxyl groups excluding tert-OH is 1. The summed E-state index contributed by atoms with van der Waals surface area (Å²) in [6, 6.07) is 0. The van der Waals surface area contributed by atoms with E-state index in [9.17, 15) is 5.11 Å². The predicted molar refractivity (Wildman–Crippen MR) is 90.8 cm³/mol. The molecule has 0 aliphatic heterocycles. The molecule has 0 heterocycles. The minimum absolute atomic E-state index is 0.276. The molecule has 0 aromatic heterocycles. The second-order valence-electron chi connectivity index (χ2n) is 9.62. The van der Waals surface area contributed by atoms with Gasteiger partial charge in [-0.05, 0) is 61.7 Å². The molecule has 22 heavy (non-hydrogen) atoms. The molecule has 3 aliphatic rings. The Hall–Kier alpha value is -0.0800. The molecule has 3 saturated carbocycles. The molecule has 1 N–H and O–H groups in total. The normalized spacial score (nSPS) is 44.6. The third kappa shape index (κ3) is 2.75. The largest absolute Gasteiger partial charge is 0.391 e. The summed E-state index contributed by atoms with van der Waals surface area (Å²) in [7, 11) is 0. The summed E-state index contributed by atoms with van der Waals surface area (Å²) in [5, 5.41) is 10.1. The molecule has 0 radical (unpaired) electrons. The van der Waals surface area contributed by atoms with E-state index >= 15 is 0 Å². The summed E-state index contributed by atoms with van der Waals surface area (Å²) in [4.78, 5) is 0. The van der Waals surface area contributed by atoms with Crippen LogP contribution < -0.4 is 0 Å². The molecule has 3 rings (SSSR count). The molecule has 5 atom stereocenters. The van der Waals surface area contributed by atoms with Gasteiger partial charge in [-0.1, -0.05) is 40.5 Å². The van der Waals surface area contributed by atoms with Crippen LogP contribution in [0.5, 0.6) is 0 Å². The van der Waals surface area contributed by atoms with Crippen LogP contribution in [0.15, 0.2) is 0 Å². The van der Waals surface area contributed by atoms with E-state index in [0.717, 1.165) is 18.8 Å². The van der Waals surface area contributed by atoms with Crippen molar-refractivity contribution in [2.45, 2.75) is 97.7 Å². The zero-order chi connectivity index (χ0) is 16.0. The van der Waals surface area contributed by atoms with Crippen molar-refractivity contribution in [3.05, 3.63) is 0 Å². The lowest BCUT2D eigenvalue weighted by molar-refractivity contribution is -0.126. The smallest absolute Gasteiger partial charge is 0.0773 e. The first-order chi connectivity index (χ1) is 10.3. The number of fused-ring (bicyclic) bond motifs is 1. The summed E-state index contributed by atoms with van der Waals surface area (Å²) >= 11 is 0. The molecule has 2 nitrogen and oxygen atoms in total. The van der Waals surface area contributed by atoms with E-state index in [1.165, 1.54) is 44.9 Å². The van der Waals surface area contributed by atoms with Crippen LogP contribution in [0.4, 0.5) is 0 Å². The van der Waals surface area contributed by atoms with E-state index in [0.29, 0.717) is 29.0 Å². The van der Waals surface area contributed by atoms with Crippen LogP contribution in [0.2, 0.25) is 0 Å². The van der Waals surface area contributed by atoms with Crippen molar-refractivity contribution in [1.29, 1.82) is 0 Å². The summed E-state index contributed by atoms with van der Waals surface area (Å²) in [5.41, 5.74) is 1.36. The van der Waals surface area contributed by atoms with Crippen molar-refractivity contribution in [3.63, 3.8) is 0 Å². The predicted octanol–water partition coefficient (Wildman–Crippen LogP) is 4.94. The average molecular weight is 309 g/mol. The number of hydrogen-bond acceptors (Lipinski definition) is 2. The quantitative estimate of drug-likeness (QED) is 0.779. The average Bonchev–Trinajstić information content (AvgIpc) is 2.62. The fourth-order valence-corrected chi connectivity index (χ4v) is 6.47. The maximum atomic E-state index is 10.1. The van der Waals surface area contributed by atoms with E-state index in [-0.39, 0.29) is 6.10 Å². The molecule has 0 aromatic carbocycles. The van der Waals surface area contributed by atoms with Gasteiger partial charge < -0.3 is 9.84 Å². The highest BCUT2D eigenvalue weighted by atomic mass is 16.5. The zero-order valence-corrected chi connectivity index (χ0v) is 15.2. The molecule has 0 saturated heterocycles. The van der Waals surface area contributed by atoms with E-state index in [1.807, 2.05) is 0 Å². The minimum atomic E-state index is -0.276. The molecule has 2 heteroatoms. The Morgan fingerprint density at radius 1 is 1.18 bits per heavy atom. The van der Waals surface area contributed by atoms with Crippen LogP contribution in [0.3, 0.4) is 0 Å². The SMILES string of the molecule is CCC[C@@H](O)COC1CC(C)(C)C2CCC3(C)CCCC12C3. The van der Waals surface area contributed by atoms with E-state index in [1.54, 1.807) is 0 Å². The monoisotopic (exact) mass is 308 g/mol. The number of aliphatic hydroxyl groups is 1. The Kier molecular flexibility index (Phi) is 4.40. The summed E-state index contributed by atoms with van der Waals surface area (Å²) < 4.78 is 6.39. The van der Waals surface area contributed by atoms with Crippen LogP contribution in [0.1, 0.15) is 85.5 Å². The highest BCUT2D eigenvalue weighted by molar-refractivity contribution is 5.13. The first-order valence-corrected chi connectivity index (χ1v) is 9.61. The van der Waals surface area contributed by atoms with E-state index in [4.69, 9.17) is 4.74 Å². The van der Waals surface area contributed by atoms with Crippen molar-refractivity contribution in [1.82, 2.24) is 0 Å². The molecule has 1 spiro atoms. The summed E-state index contributed by atoms with van der Waals surface area (Å²) in [6.45, 7) is 10.1. The third-order valence-electron chi connectivity index (χ3n) is 7.32. The summed E-state index contributed by atoms with van der Waals surface area (Å²) in [6.07, 6.45) is 11.5. The van der Waals surface area contributed by atoms with Gasteiger partial charge in [0, 0.05) is 5.41 Å². The highest BCUT2D eigenvalue weighted by Gasteiger charge is 2.63. The lowest BCUT2D eigenvalue weighted by Crippen LogP contribution is -2.49. The second-order valence-corrected chi connectivity index (χ2v) is 9.62. The van der Waals surface area contributed by atoms with Crippen LogP contribution in [0, 0.1) is 22.2 Å². The molecular formula is C20H36O2. The van der Waals surface area contributed by atoms with Crippen LogP contribution in [-0.2, 0) is 4.74 Å². The fourth-order valence-electron chi connectivity index (χ4n) is 6.47. The van der Waals surface area contributed by atoms with Gasteiger partial charge in [-0.2, -0.15) is 0 Å². The van der Waals surface area contributed by atoms with Gasteiger partial charge in [0.05, 0.1) is 18.8 Å². The van der Waals surface area contributed by atoms with Gasteiger partial charge in [0.15, 0.2) is 0 Å². The molecule has 3 fully saturated rings. The Bertz CT molecular complexity index is 405.